The van der Waals surface area contributed by atoms with Gasteiger partial charge < -0.3 is 9.80 Å². The van der Waals surface area contributed by atoms with Crippen LogP contribution in [0.5, 0.6) is 0 Å². The average Bonchev–Trinajstić information content (AvgIpc) is 4.15. The lowest BCUT2D eigenvalue weighted by atomic mass is 10.0. The van der Waals surface area contributed by atoms with E-state index in [4.69, 9.17) is 9.97 Å². The van der Waals surface area contributed by atoms with E-state index in [1.165, 1.54) is 30.6 Å². The molecule has 70 heavy (non-hydrogen) atoms. The van der Waals surface area contributed by atoms with Gasteiger partial charge in [-0.05, 0) is 131 Å². The molecule has 0 unspecified atom stereocenters. The zero-order valence-corrected chi connectivity index (χ0v) is 39.5. The molecular formula is C63H43N5S2. The molecule has 0 saturated heterocycles. The van der Waals surface area contributed by atoms with Crippen LogP contribution in [-0.2, 0) is 0 Å². The maximum atomic E-state index is 5.17. The maximum absolute atomic E-state index is 5.17. The summed E-state index contributed by atoms with van der Waals surface area (Å²) in [5, 5.41) is 0. The molecule has 0 spiro atoms. The van der Waals surface area contributed by atoms with Gasteiger partial charge in [0.2, 0.25) is 0 Å². The van der Waals surface area contributed by atoms with Crippen molar-refractivity contribution in [2.24, 2.45) is 0 Å². The van der Waals surface area contributed by atoms with Crippen LogP contribution in [0.1, 0.15) is 0 Å². The third-order valence-corrected chi connectivity index (χ3v) is 14.8. The minimum absolute atomic E-state index is 0.624. The van der Waals surface area contributed by atoms with Crippen molar-refractivity contribution >= 4 is 68.0 Å². The minimum atomic E-state index is 0.624. The Kier molecular flexibility index (Phi) is 11.6. The van der Waals surface area contributed by atoms with Gasteiger partial charge >= 0.3 is 0 Å². The maximum Gasteiger partial charge on any atom is 0.178 e. The molecule has 332 valence electrons. The van der Waals surface area contributed by atoms with Gasteiger partial charge in [-0.1, -0.05) is 146 Å². The van der Waals surface area contributed by atoms with Crippen molar-refractivity contribution in [2.75, 3.05) is 9.80 Å². The van der Waals surface area contributed by atoms with Crippen LogP contribution in [0.25, 0.3) is 75.4 Å². The molecule has 0 aliphatic rings. The number of anilines is 6. The lowest BCUT2D eigenvalue weighted by Gasteiger charge is -2.25. The van der Waals surface area contributed by atoms with Crippen LogP contribution in [-0.4, -0.2) is 15.0 Å². The number of aromatic nitrogens is 3. The first-order chi connectivity index (χ1) is 34.7. The quantitative estimate of drug-likeness (QED) is 0.122. The summed E-state index contributed by atoms with van der Waals surface area (Å²) in [5.74, 6) is 0. The van der Waals surface area contributed by atoms with Gasteiger partial charge in [0, 0.05) is 71.0 Å². The molecule has 5 nitrogen and oxygen atoms in total. The van der Waals surface area contributed by atoms with Crippen LogP contribution in [0, 0.1) is 0 Å². The standard InChI is InChI=1S/C63H43N5S2/c1-5-14-50(15-6-1)67(51-16-7-2-8-17-51)54-35-31-46(32-36-54)59-41-39-57(69-59)44-23-27-48(28-24-44)61-62(66-63-56(65-61)22-13-43-64-63)49-29-25-45(26-30-49)58-40-42-60(70-58)47-33-37-55(38-34-47)68(52-18-9-3-10-19-52)53-20-11-4-12-21-53/h1-43H. The molecule has 0 amide bonds. The van der Waals surface area contributed by atoms with Crippen molar-refractivity contribution in [3.8, 4) is 64.3 Å². The first-order valence-electron chi connectivity index (χ1n) is 23.2. The molecule has 0 bridgehead atoms. The number of benzene rings is 8. The van der Waals surface area contributed by atoms with Crippen LogP contribution < -0.4 is 9.80 Å². The molecule has 0 fully saturated rings. The topological polar surface area (TPSA) is 45.2 Å². The van der Waals surface area contributed by atoms with Gasteiger partial charge in [-0.15, -0.1) is 22.7 Å². The Hall–Kier alpha value is -8.75. The van der Waals surface area contributed by atoms with E-state index in [9.17, 15) is 0 Å². The highest BCUT2D eigenvalue weighted by Gasteiger charge is 2.18. The molecule has 12 rings (SSSR count). The monoisotopic (exact) mass is 933 g/mol. The third-order valence-electron chi connectivity index (χ3n) is 12.4. The molecule has 8 aromatic carbocycles. The van der Waals surface area contributed by atoms with Crippen molar-refractivity contribution in [2.45, 2.75) is 0 Å². The molecule has 0 aliphatic carbocycles. The Balaban J connectivity index is 0.783. The van der Waals surface area contributed by atoms with Crippen molar-refractivity contribution < 1.29 is 0 Å². The summed E-state index contributed by atoms with van der Waals surface area (Å²) in [6.07, 6.45) is 1.77. The normalized spacial score (nSPS) is 11.1. The number of pyridine rings is 1. The van der Waals surface area contributed by atoms with E-state index in [2.05, 4.69) is 257 Å². The van der Waals surface area contributed by atoms with E-state index in [1.807, 2.05) is 12.1 Å². The van der Waals surface area contributed by atoms with E-state index >= 15 is 0 Å². The highest BCUT2D eigenvalue weighted by Crippen LogP contribution is 2.42. The third kappa shape index (κ3) is 8.67. The molecule has 0 atom stereocenters. The van der Waals surface area contributed by atoms with Crippen LogP contribution >= 0.6 is 22.7 Å². The van der Waals surface area contributed by atoms with Gasteiger partial charge in [-0.2, -0.15) is 0 Å². The first-order valence-corrected chi connectivity index (χ1v) is 24.9. The SMILES string of the molecule is c1ccc(N(c2ccccc2)c2ccc(-c3ccc(-c4ccc(-c5nc6cccnc6nc5-c5ccc(-c6ccc(-c7ccc(N(c8ccccc8)c8ccccc8)cc7)s6)cc5)cc4)s3)cc2)cc1. The second kappa shape index (κ2) is 19.1. The Morgan fingerprint density at radius 1 is 0.257 bits per heavy atom. The number of para-hydroxylation sites is 4. The van der Waals surface area contributed by atoms with Gasteiger partial charge in [0.1, 0.15) is 5.52 Å². The summed E-state index contributed by atoms with van der Waals surface area (Å²) in [5.41, 5.74) is 16.4. The first kappa shape index (κ1) is 42.6. The van der Waals surface area contributed by atoms with E-state index in [0.717, 1.165) is 73.3 Å². The molecule has 0 aliphatic heterocycles. The Bertz CT molecular complexity index is 3350. The van der Waals surface area contributed by atoms with Gasteiger partial charge in [-0.3, -0.25) is 0 Å². The summed E-state index contributed by atoms with van der Waals surface area (Å²) in [4.78, 5) is 24.3. The second-order valence-electron chi connectivity index (χ2n) is 16.9. The van der Waals surface area contributed by atoms with Crippen molar-refractivity contribution in [3.63, 3.8) is 0 Å². The Labute approximate surface area is 415 Å². The zero-order valence-electron chi connectivity index (χ0n) is 37.9. The van der Waals surface area contributed by atoms with Crippen LogP contribution in [0.4, 0.5) is 34.1 Å². The van der Waals surface area contributed by atoms with E-state index in [1.54, 1.807) is 28.9 Å². The second-order valence-corrected chi connectivity index (χ2v) is 19.0. The molecule has 0 saturated carbocycles. The van der Waals surface area contributed by atoms with Crippen LogP contribution in [0.3, 0.4) is 0 Å². The van der Waals surface area contributed by atoms with E-state index in [0.29, 0.717) is 5.65 Å². The Morgan fingerprint density at radius 3 is 0.914 bits per heavy atom. The lowest BCUT2D eigenvalue weighted by Crippen LogP contribution is -2.09. The zero-order chi connectivity index (χ0) is 46.6. The number of hydrogen-bond acceptors (Lipinski definition) is 7. The summed E-state index contributed by atoms with van der Waals surface area (Å²) in [7, 11) is 0. The molecule has 7 heteroatoms. The molecule has 4 heterocycles. The molecular weight excluding hydrogens is 891 g/mol. The fourth-order valence-corrected chi connectivity index (χ4v) is 11.0. The lowest BCUT2D eigenvalue weighted by molar-refractivity contribution is 1.23. The summed E-state index contributed by atoms with van der Waals surface area (Å²) < 4.78 is 0. The molecule has 0 N–H and O–H groups in total. The summed E-state index contributed by atoms with van der Waals surface area (Å²) in [6.45, 7) is 0. The number of hydrogen-bond donors (Lipinski definition) is 0. The van der Waals surface area contributed by atoms with E-state index < -0.39 is 0 Å². The number of fused-ring (bicyclic) bond motifs is 1. The largest absolute Gasteiger partial charge is 0.311 e. The molecule has 4 aromatic heterocycles. The molecule has 12 aromatic rings. The van der Waals surface area contributed by atoms with Crippen LogP contribution in [0.15, 0.2) is 261 Å². The fourth-order valence-electron chi connectivity index (χ4n) is 8.93. The van der Waals surface area contributed by atoms with Gasteiger partial charge in [-0.25, -0.2) is 15.0 Å². The van der Waals surface area contributed by atoms with Crippen molar-refractivity contribution in [1.82, 2.24) is 15.0 Å². The number of thiophene rings is 2. The average molecular weight is 934 g/mol. The van der Waals surface area contributed by atoms with Gasteiger partial charge in [0.25, 0.3) is 0 Å². The highest BCUT2D eigenvalue weighted by molar-refractivity contribution is 7.19. The van der Waals surface area contributed by atoms with Crippen molar-refractivity contribution in [1.29, 1.82) is 0 Å². The Morgan fingerprint density at radius 2 is 0.557 bits per heavy atom. The van der Waals surface area contributed by atoms with Gasteiger partial charge in [0.05, 0.1) is 11.4 Å². The van der Waals surface area contributed by atoms with Crippen molar-refractivity contribution in [3.05, 3.63) is 261 Å². The smallest absolute Gasteiger partial charge is 0.178 e. The number of rotatable bonds is 12. The highest BCUT2D eigenvalue weighted by atomic mass is 32.1. The fraction of sp³-hybridized carbons (Fsp3) is 0. The molecule has 0 radical (unpaired) electrons. The summed E-state index contributed by atoms with van der Waals surface area (Å²) in [6, 6.07) is 89.9. The minimum Gasteiger partial charge on any atom is -0.311 e. The van der Waals surface area contributed by atoms with Crippen LogP contribution in [0.2, 0.25) is 0 Å². The van der Waals surface area contributed by atoms with Gasteiger partial charge in [0.15, 0.2) is 5.65 Å². The number of nitrogens with zero attached hydrogens (tertiary/aromatic N) is 5. The summed E-state index contributed by atoms with van der Waals surface area (Å²) >= 11 is 3.59. The van der Waals surface area contributed by atoms with E-state index in [-0.39, 0.29) is 0 Å². The predicted molar refractivity (Wildman–Crippen MR) is 295 cm³/mol. The predicted octanol–water partition coefficient (Wildman–Crippen LogP) is 18.1.